The molecular weight excluding hydrogens is 194 g/mol. The summed E-state index contributed by atoms with van der Waals surface area (Å²) in [7, 11) is 2.57. The van der Waals surface area contributed by atoms with Crippen molar-refractivity contribution in [1.82, 2.24) is 0 Å². The monoisotopic (exact) mass is 210 g/mol. The third-order valence-corrected chi connectivity index (χ3v) is 1.53. The molecule has 4 N–H and O–H groups in total. The number of nitrogens with two attached hydrogens (primary N) is 2. The Morgan fingerprint density at radius 3 is 2.73 bits per heavy atom. The van der Waals surface area contributed by atoms with Gasteiger partial charge in [-0.2, -0.15) is 0 Å². The van der Waals surface area contributed by atoms with Crippen molar-refractivity contribution in [3.63, 3.8) is 0 Å². The second-order valence-corrected chi connectivity index (χ2v) is 2.58. The van der Waals surface area contributed by atoms with Crippen LogP contribution in [0.2, 0.25) is 0 Å². The van der Waals surface area contributed by atoms with E-state index in [4.69, 9.17) is 12.8 Å². The first kappa shape index (κ1) is 11.0. The van der Waals surface area contributed by atoms with Gasteiger partial charge in [0.2, 0.25) is 0 Å². The van der Waals surface area contributed by atoms with E-state index in [1.165, 1.54) is 14.5 Å². The molecule has 0 atom stereocenters. The van der Waals surface area contributed by atoms with E-state index in [0.717, 1.165) is 0 Å². The number of esters is 1. The standard InChI is InChI=1S/C9H11N3O2.CH4/c1-14-8(13)6-3-2-4-7(5-6)12-9(10)11;/h2-5H,1H3,(H4,10,11,12);1H4/i;1D. The van der Waals surface area contributed by atoms with Crippen LogP contribution in [0.1, 0.15) is 19.1 Å². The highest BCUT2D eigenvalue weighted by Gasteiger charge is 2.04. The molecule has 5 nitrogen and oxygen atoms in total. The number of carbonyl (C=O) groups excluding carboxylic acids is 1. The zero-order valence-corrected chi connectivity index (χ0v) is 8.73. The van der Waals surface area contributed by atoms with Gasteiger partial charge in [-0.25, -0.2) is 9.79 Å². The fraction of sp³-hybridized carbons (Fsp3) is 0.200. The van der Waals surface area contributed by atoms with E-state index >= 15 is 0 Å². The number of ether oxygens (including phenoxy) is 1. The highest BCUT2D eigenvalue weighted by atomic mass is 16.5. The minimum absolute atomic E-state index is 0.0491. The molecule has 0 radical (unpaired) electrons. The largest absolute Gasteiger partial charge is 0.465 e. The summed E-state index contributed by atoms with van der Waals surface area (Å²) in [5, 5.41) is 0. The molecule has 0 saturated heterocycles. The number of hydrogen-bond donors (Lipinski definition) is 2. The quantitative estimate of drug-likeness (QED) is 0.433. The Morgan fingerprint density at radius 1 is 1.53 bits per heavy atom. The smallest absolute Gasteiger partial charge is 0.337 e. The molecule has 15 heavy (non-hydrogen) atoms. The van der Waals surface area contributed by atoms with Gasteiger partial charge < -0.3 is 16.2 Å². The van der Waals surface area contributed by atoms with E-state index in [1.807, 2.05) is 0 Å². The molecule has 0 fully saturated rings. The second kappa shape index (κ2) is 5.64. The van der Waals surface area contributed by atoms with Crippen LogP contribution in [-0.2, 0) is 4.74 Å². The van der Waals surface area contributed by atoms with Crippen LogP contribution in [0.15, 0.2) is 29.3 Å². The maximum atomic E-state index is 11.1. The van der Waals surface area contributed by atoms with Crippen LogP contribution >= 0.6 is 0 Å². The number of rotatable bonds is 2. The van der Waals surface area contributed by atoms with Gasteiger partial charge in [0.25, 0.3) is 0 Å². The molecule has 1 aromatic carbocycles. The molecule has 0 saturated carbocycles. The Kier molecular flexibility index (Phi) is 4.15. The average molecular weight is 210 g/mol. The van der Waals surface area contributed by atoms with Crippen molar-refractivity contribution in [2.75, 3.05) is 7.11 Å². The van der Waals surface area contributed by atoms with Gasteiger partial charge in [0.1, 0.15) is 0 Å². The molecule has 0 amide bonds. The summed E-state index contributed by atoms with van der Waals surface area (Å²) >= 11 is 0. The lowest BCUT2D eigenvalue weighted by Crippen LogP contribution is -2.21. The molecule has 0 unspecified atom stereocenters. The zero-order chi connectivity index (χ0) is 12.6. The maximum Gasteiger partial charge on any atom is 0.337 e. The number of carbonyl (C=O) groups is 1. The van der Waals surface area contributed by atoms with Gasteiger partial charge >= 0.3 is 5.97 Å². The minimum atomic E-state index is -0.419. The number of benzene rings is 1. The lowest BCUT2D eigenvalue weighted by molar-refractivity contribution is 0.0601. The van der Waals surface area contributed by atoms with Gasteiger partial charge in [-0.3, -0.25) is 0 Å². The third-order valence-electron chi connectivity index (χ3n) is 1.53. The average Bonchev–Trinajstić information content (AvgIpc) is 2.30. The van der Waals surface area contributed by atoms with Crippen LogP contribution in [-0.4, -0.2) is 19.0 Å². The van der Waals surface area contributed by atoms with Crippen molar-refractivity contribution in [3.8, 4) is 0 Å². The summed E-state index contributed by atoms with van der Waals surface area (Å²) in [4.78, 5) is 14.9. The predicted molar refractivity (Wildman–Crippen MR) is 60.0 cm³/mol. The number of aliphatic imine (C=N–C) groups is 1. The van der Waals surface area contributed by atoms with Crippen molar-refractivity contribution < 1.29 is 10.9 Å². The van der Waals surface area contributed by atoms with E-state index in [1.54, 1.807) is 24.3 Å². The lowest BCUT2D eigenvalue weighted by Gasteiger charge is -1.99. The van der Waals surface area contributed by atoms with Crippen LogP contribution in [0.3, 0.4) is 0 Å². The molecular formula is C10H15N3O2. The van der Waals surface area contributed by atoms with E-state index in [9.17, 15) is 4.79 Å². The van der Waals surface area contributed by atoms with E-state index < -0.39 is 5.97 Å². The fourth-order valence-corrected chi connectivity index (χ4v) is 0.969. The van der Waals surface area contributed by atoms with Crippen LogP contribution in [0.25, 0.3) is 0 Å². The third kappa shape index (κ3) is 3.68. The molecule has 0 aromatic heterocycles. The van der Waals surface area contributed by atoms with Crippen molar-refractivity contribution in [3.05, 3.63) is 29.8 Å². The number of guanidine groups is 1. The predicted octanol–water partition coefficient (Wildman–Crippen LogP) is 1.01. The summed E-state index contributed by atoms with van der Waals surface area (Å²) < 4.78 is 10.3. The zero-order valence-electron chi connectivity index (χ0n) is 9.73. The molecule has 1 rings (SSSR count). The fourth-order valence-electron chi connectivity index (χ4n) is 0.969. The summed E-state index contributed by atoms with van der Waals surface area (Å²) in [6, 6.07) is 6.53. The molecule has 0 aliphatic rings. The van der Waals surface area contributed by atoms with E-state index in [-0.39, 0.29) is 5.96 Å². The van der Waals surface area contributed by atoms with Gasteiger partial charge in [-0.05, 0) is 18.2 Å². The van der Waals surface area contributed by atoms with Crippen LogP contribution in [0.5, 0.6) is 0 Å². The highest BCUT2D eigenvalue weighted by molar-refractivity contribution is 5.90. The van der Waals surface area contributed by atoms with E-state index in [2.05, 4.69) is 9.73 Å². The minimum Gasteiger partial charge on any atom is -0.465 e. The number of hydrogen-bond acceptors (Lipinski definition) is 3. The van der Waals surface area contributed by atoms with Crippen LogP contribution in [0, 0.1) is 0 Å². The first-order chi connectivity index (χ1) is 7.63. The molecule has 0 bridgehead atoms. The first-order valence-electron chi connectivity index (χ1n) is 4.91. The Hall–Kier alpha value is -2.04. The highest BCUT2D eigenvalue weighted by Crippen LogP contribution is 2.14. The molecule has 0 aliphatic carbocycles. The van der Waals surface area contributed by atoms with Gasteiger partial charge in [0, 0.05) is 1.37 Å². The first-order valence-corrected chi connectivity index (χ1v) is 3.91. The summed E-state index contributed by atoms with van der Waals surface area (Å²) in [6.45, 7) is 0. The van der Waals surface area contributed by atoms with Gasteiger partial charge in [0.15, 0.2) is 5.96 Å². The molecule has 5 heteroatoms. The van der Waals surface area contributed by atoms with Crippen molar-refractivity contribution in [2.24, 2.45) is 16.5 Å². The Morgan fingerprint density at radius 2 is 2.20 bits per heavy atom. The van der Waals surface area contributed by atoms with Crippen molar-refractivity contribution >= 4 is 17.6 Å². The lowest BCUT2D eigenvalue weighted by atomic mass is 10.2. The summed E-state index contributed by atoms with van der Waals surface area (Å²) in [6.07, 6.45) is 0. The molecule has 0 spiro atoms. The van der Waals surface area contributed by atoms with Crippen molar-refractivity contribution in [2.45, 2.75) is 7.40 Å². The molecule has 1 aromatic rings. The van der Waals surface area contributed by atoms with E-state index in [0.29, 0.717) is 11.3 Å². The molecule has 82 valence electrons. The number of nitrogens with zero attached hydrogens (tertiary/aromatic N) is 1. The Balaban J connectivity index is 0.00000106. The van der Waals surface area contributed by atoms with Crippen LogP contribution in [0.4, 0.5) is 5.69 Å². The SMILES string of the molecule is COC(=O)c1cccc(N=C(N)N)c1.[2H]C. The summed E-state index contributed by atoms with van der Waals surface area (Å²) in [5.41, 5.74) is 11.3. The van der Waals surface area contributed by atoms with Gasteiger partial charge in [0.05, 0.1) is 18.4 Å². The number of methoxy groups -OCH3 is 1. The normalized spacial score (nSPS) is 9.07. The second-order valence-electron chi connectivity index (χ2n) is 2.58. The topological polar surface area (TPSA) is 90.7 Å². The Labute approximate surface area is 90.2 Å². The van der Waals surface area contributed by atoms with Crippen LogP contribution < -0.4 is 11.5 Å². The van der Waals surface area contributed by atoms with Gasteiger partial charge in [-0.15, -0.1) is 0 Å². The molecule has 0 heterocycles. The van der Waals surface area contributed by atoms with Gasteiger partial charge in [-0.1, -0.05) is 13.5 Å². The summed E-state index contributed by atoms with van der Waals surface area (Å²) in [5.74, 6) is -0.468. The molecule has 0 aliphatic heterocycles. The maximum absolute atomic E-state index is 11.1. The van der Waals surface area contributed by atoms with Crippen molar-refractivity contribution in [1.29, 1.82) is 0 Å². The Bertz CT molecular complexity index is 376.